The number of amides is 5. The van der Waals surface area contributed by atoms with Gasteiger partial charge in [-0.3, -0.25) is 19.2 Å². The molecule has 1 fully saturated rings. The molecule has 115 heavy (non-hydrogen) atoms. The van der Waals surface area contributed by atoms with Crippen LogP contribution >= 0.6 is 0 Å². The smallest absolute Gasteiger partial charge is 0.407 e. The Bertz CT molecular complexity index is 4460. The zero-order valence-corrected chi connectivity index (χ0v) is 65.6. The summed E-state index contributed by atoms with van der Waals surface area (Å²) in [5.41, 5.74) is 26.9. The Labute approximate surface area is 669 Å². The molecule has 0 radical (unpaired) electrons. The van der Waals surface area contributed by atoms with Crippen molar-refractivity contribution >= 4 is 65.2 Å². The quantitative estimate of drug-likeness (QED) is 0.0187. The van der Waals surface area contributed by atoms with Gasteiger partial charge in [-0.1, -0.05) is 189 Å². The van der Waals surface area contributed by atoms with Crippen molar-refractivity contribution in [2.75, 3.05) is 73.0 Å². The molecule has 5 amide bonds. The maximum absolute atomic E-state index is 12.4. The molecule has 26 heteroatoms. The molecule has 3 aliphatic carbocycles. The van der Waals surface area contributed by atoms with Crippen LogP contribution in [0, 0.1) is 0 Å². The van der Waals surface area contributed by atoms with Crippen molar-refractivity contribution in [3.8, 4) is 44.5 Å². The first-order valence-corrected chi connectivity index (χ1v) is 38.2. The van der Waals surface area contributed by atoms with Gasteiger partial charge < -0.3 is 86.6 Å². The lowest BCUT2D eigenvalue weighted by atomic mass is 9.98. The second-order valence-electron chi connectivity index (χ2n) is 27.1. The second kappa shape index (κ2) is 46.8. The predicted octanol–water partition coefficient (Wildman–Crippen LogP) is 11.2. The van der Waals surface area contributed by atoms with Crippen molar-refractivity contribution in [1.82, 2.24) is 26.6 Å². The first-order valence-electron chi connectivity index (χ1n) is 38.2. The van der Waals surface area contributed by atoms with Crippen LogP contribution < -0.4 is 38.1 Å². The van der Waals surface area contributed by atoms with Gasteiger partial charge in [-0.25, -0.2) is 24.0 Å². The lowest BCUT2D eigenvalue weighted by molar-refractivity contribution is -0.140. The number of fused-ring (bicyclic) bond motifs is 9. The van der Waals surface area contributed by atoms with E-state index in [1.807, 2.05) is 158 Å². The maximum Gasteiger partial charge on any atom is 0.407 e. The molecule has 4 atom stereocenters. The number of Topliss-reactive ketones (excluding diaryl/α,β-unsaturated/α-hetero) is 4. The highest BCUT2D eigenvalue weighted by molar-refractivity contribution is 5.99. The average Bonchev–Trinajstić information content (AvgIpc) is 1.63. The lowest BCUT2D eigenvalue weighted by Gasteiger charge is -2.19. The molecule has 4 aliphatic rings. The van der Waals surface area contributed by atoms with E-state index in [4.69, 9.17) is 39.6 Å². The number of aliphatic hydroxyl groups is 1. The number of alkyl carbamates (subject to hydrolysis) is 3. The van der Waals surface area contributed by atoms with E-state index in [9.17, 15) is 57.8 Å². The van der Waals surface area contributed by atoms with E-state index in [0.29, 0.717) is 12.2 Å². The normalized spacial score (nSPS) is 13.3. The molecule has 26 nitrogen and oxygen atoms in total. The van der Waals surface area contributed by atoms with Gasteiger partial charge in [-0.15, -0.1) is 0 Å². The minimum absolute atomic E-state index is 0.0366. The highest BCUT2D eigenvalue weighted by atomic mass is 16.6. The van der Waals surface area contributed by atoms with Crippen LogP contribution in [-0.2, 0) is 63.7 Å². The van der Waals surface area contributed by atoms with Crippen LogP contribution in [0.1, 0.15) is 140 Å². The number of ketones is 4. The monoisotopic (exact) mass is 1570 g/mol. The van der Waals surface area contributed by atoms with E-state index in [1.165, 1.54) is 46.2 Å². The fourth-order valence-electron chi connectivity index (χ4n) is 13.2. The van der Waals surface area contributed by atoms with Crippen molar-refractivity contribution in [2.24, 2.45) is 11.5 Å². The van der Waals surface area contributed by atoms with Crippen molar-refractivity contribution in [3.05, 3.63) is 239 Å². The largest absolute Gasteiger partial charge is 0.480 e. The number of aliphatic carboxylic acids is 2. The van der Waals surface area contributed by atoms with E-state index in [0.717, 1.165) is 97.5 Å². The summed E-state index contributed by atoms with van der Waals surface area (Å²) in [6.07, 6.45) is 1.83. The Morgan fingerprint density at radius 2 is 0.800 bits per heavy atom. The summed E-state index contributed by atoms with van der Waals surface area (Å²) < 4.78 is 26.2. The van der Waals surface area contributed by atoms with E-state index >= 15 is 0 Å². The number of carbonyl (C=O) groups is 11. The fraction of sp³-hybridized carbons (Fsp3) is 0.337. The van der Waals surface area contributed by atoms with Crippen molar-refractivity contribution < 1.29 is 91.7 Å². The van der Waals surface area contributed by atoms with Gasteiger partial charge in [0.1, 0.15) is 62.7 Å². The molecular weight excluding hydrogens is 1470 g/mol. The number of aryl methyl sites for hydroxylation is 1. The predicted molar refractivity (Wildman–Crippen MR) is 435 cm³/mol. The SMILES string of the molecule is C1CCOC1.CC(=O)CC[C@H](NC(=O)OCC1c2ccccc2-c2ccccc21)C(=O)O.CCOCC(=O)C(CCC(C)=O)NC(=O)OCC1c2ccccc2-c2ccccc21.CCc1ccc(-c2ccc(C(=O)NC(CNC(C)=O)C(=O)CO)cc2)cc1.CN.NC[C@H](NC(=O)OCC1c2ccccc2-c2ccccc21)C(=O)O. The summed E-state index contributed by atoms with van der Waals surface area (Å²) in [4.78, 5) is 128. The van der Waals surface area contributed by atoms with E-state index in [1.54, 1.807) is 19.1 Å². The summed E-state index contributed by atoms with van der Waals surface area (Å²) in [6.45, 7) is 9.77. The standard InChI is InChI=1S/C24H27NO5.C21H24N2O4.C21H21NO5.C18H18N2O4.C4H8O.CH5N/c1-3-29-15-23(27)22(13-12-16(2)26)25-24(28)30-14-21-19-10-6-4-8-17(19)18-9-5-7-11-20(18)21;1-3-15-4-6-16(7-5-15)17-8-10-18(11-9-17)21(27)23-19(20(26)13-24)12-22-14(2)25;1-13(23)10-11-19(20(24)25)22-21(26)27-12-18-16-8-4-2-6-14(16)15-7-3-5-9-17(15)18;19-9-16(17(21)22)20-18(23)24-10-15-13-7-3-1-5-11(13)12-6-2-4-8-14(12)15;1-2-4-5-3-1;1-2/h4-11,21-22H,3,12-15H2,1-2H3,(H,25,28);4-11,19,24H,3,12-13H2,1-2H3,(H,22,25)(H,23,27);2-9,18-19H,10-12H2,1H3,(H,22,26)(H,24,25);1-8,15-16H,9-10,19H2,(H,20,23)(H,21,22);1-4H2;2H2,1H3/t;;19-;16-;;/m..00../s1. The van der Waals surface area contributed by atoms with Crippen LogP contribution in [0.3, 0.4) is 0 Å². The van der Waals surface area contributed by atoms with E-state index in [-0.39, 0.29) is 106 Å². The average molecular weight is 1570 g/mol. The summed E-state index contributed by atoms with van der Waals surface area (Å²) in [5.74, 6) is -4.37. The molecule has 1 heterocycles. The van der Waals surface area contributed by atoms with Crippen molar-refractivity contribution in [3.63, 3.8) is 0 Å². The highest BCUT2D eigenvalue weighted by Gasteiger charge is 2.34. The molecule has 12 rings (SSSR count). The van der Waals surface area contributed by atoms with Gasteiger partial charge in [-0.05, 0) is 156 Å². The molecular formula is C89H103N7O19. The number of benzene rings is 8. The van der Waals surface area contributed by atoms with Gasteiger partial charge in [-0.2, -0.15) is 0 Å². The number of hydrogen-bond acceptors (Lipinski definition) is 19. The second-order valence-corrected chi connectivity index (χ2v) is 27.1. The van der Waals surface area contributed by atoms with Crippen LogP contribution in [0.5, 0.6) is 0 Å². The zero-order chi connectivity index (χ0) is 83.3. The number of carboxylic acids is 2. The third-order valence-corrected chi connectivity index (χ3v) is 19.2. The number of aliphatic hydroxyl groups excluding tert-OH is 1. The minimum atomic E-state index is -1.19. The Morgan fingerprint density at radius 1 is 0.452 bits per heavy atom. The van der Waals surface area contributed by atoms with Gasteiger partial charge >= 0.3 is 30.2 Å². The Hall–Kier alpha value is -12.1. The number of ether oxygens (including phenoxy) is 5. The number of hydrogen-bond donors (Lipinski definition) is 10. The van der Waals surface area contributed by atoms with Crippen LogP contribution in [0.25, 0.3) is 44.5 Å². The number of rotatable bonds is 30. The summed E-state index contributed by atoms with van der Waals surface area (Å²) in [7, 11) is 1.50. The molecule has 8 aromatic rings. The zero-order valence-electron chi connectivity index (χ0n) is 65.6. The molecule has 0 saturated carbocycles. The molecule has 8 aromatic carbocycles. The first kappa shape index (κ1) is 90.1. The summed E-state index contributed by atoms with van der Waals surface area (Å²) in [6, 6.07) is 59.2. The Balaban J connectivity index is 0.000000206. The van der Waals surface area contributed by atoms with Crippen LogP contribution in [0.2, 0.25) is 0 Å². The molecule has 0 aromatic heterocycles. The highest BCUT2D eigenvalue weighted by Crippen LogP contribution is 2.47. The first-order chi connectivity index (χ1) is 55.5. The van der Waals surface area contributed by atoms with Crippen LogP contribution in [0.4, 0.5) is 14.4 Å². The van der Waals surface area contributed by atoms with Gasteiger partial charge in [0.2, 0.25) is 5.91 Å². The lowest BCUT2D eigenvalue weighted by Crippen LogP contribution is -2.49. The van der Waals surface area contributed by atoms with Gasteiger partial charge in [0.05, 0.1) is 6.04 Å². The topological polar surface area (TPSA) is 407 Å². The minimum Gasteiger partial charge on any atom is -0.480 e. The number of carboxylic acid groups (broad SMARTS) is 2. The van der Waals surface area contributed by atoms with Gasteiger partial charge in [0.25, 0.3) is 5.91 Å². The number of carbonyl (C=O) groups excluding carboxylic acids is 9. The van der Waals surface area contributed by atoms with E-state index < -0.39 is 72.7 Å². The maximum atomic E-state index is 12.4. The molecule has 2 unspecified atom stereocenters. The molecule has 0 spiro atoms. The van der Waals surface area contributed by atoms with Crippen molar-refractivity contribution in [1.29, 1.82) is 0 Å². The number of nitrogens with two attached hydrogens (primary N) is 2. The number of nitrogens with one attached hydrogen (secondary N) is 5. The van der Waals surface area contributed by atoms with Gasteiger partial charge in [0.15, 0.2) is 11.6 Å². The van der Waals surface area contributed by atoms with Crippen LogP contribution in [0.15, 0.2) is 194 Å². The third-order valence-electron chi connectivity index (χ3n) is 19.2. The van der Waals surface area contributed by atoms with E-state index in [2.05, 4.69) is 63.5 Å². The molecule has 1 aliphatic heterocycles. The third kappa shape index (κ3) is 26.8. The molecule has 1 saturated heterocycles. The Morgan fingerprint density at radius 3 is 1.11 bits per heavy atom. The molecule has 12 N–H and O–H groups in total. The molecule has 0 bridgehead atoms. The fourth-order valence-corrected chi connectivity index (χ4v) is 13.2. The van der Waals surface area contributed by atoms with Gasteiger partial charge in [0, 0.05) is 76.0 Å². The van der Waals surface area contributed by atoms with Crippen LogP contribution in [-0.4, -0.2) is 178 Å². The Kier molecular flexibility index (Phi) is 36.7. The summed E-state index contributed by atoms with van der Waals surface area (Å²) >= 11 is 0. The molecule has 608 valence electrons. The van der Waals surface area contributed by atoms with Crippen molar-refractivity contribution in [2.45, 2.75) is 121 Å². The summed E-state index contributed by atoms with van der Waals surface area (Å²) in [5, 5.41) is 39.4.